The van der Waals surface area contributed by atoms with Crippen molar-refractivity contribution < 1.29 is 36.7 Å². The molecule has 0 bridgehead atoms. The molecule has 0 aliphatic rings. The molecule has 0 spiro atoms. The number of fused-ring (bicyclic) bond motifs is 1. The molecule has 1 N–H and O–H groups in total. The summed E-state index contributed by atoms with van der Waals surface area (Å²) in [6.45, 7) is 1.34. The SMILES string of the molecule is COCc1c(C(=O)O[C@H](C)C(=O)Nc2cc(C(F)(F)F)ccc2Cl)oc2ccccc12. The van der Waals surface area contributed by atoms with Gasteiger partial charge in [0, 0.05) is 18.1 Å². The van der Waals surface area contributed by atoms with E-state index in [4.69, 9.17) is 25.5 Å². The highest BCUT2D eigenvalue weighted by Gasteiger charge is 2.31. The molecule has 0 aliphatic carbocycles. The molecule has 0 aliphatic heterocycles. The summed E-state index contributed by atoms with van der Waals surface area (Å²) in [5.41, 5.74) is -0.345. The molecule has 0 radical (unpaired) electrons. The van der Waals surface area contributed by atoms with Crippen LogP contribution in [0.2, 0.25) is 5.02 Å². The van der Waals surface area contributed by atoms with Crippen molar-refractivity contribution in [2.24, 2.45) is 0 Å². The fourth-order valence-electron chi connectivity index (χ4n) is 2.85. The number of anilines is 1. The lowest BCUT2D eigenvalue weighted by molar-refractivity contribution is -0.137. The Morgan fingerprint density at radius 2 is 1.90 bits per heavy atom. The van der Waals surface area contributed by atoms with Crippen LogP contribution in [0.25, 0.3) is 11.0 Å². The number of hydrogen-bond acceptors (Lipinski definition) is 5. The van der Waals surface area contributed by atoms with Crippen LogP contribution in [-0.2, 0) is 27.1 Å². The second-order valence-corrected chi connectivity index (χ2v) is 6.98. The van der Waals surface area contributed by atoms with E-state index < -0.39 is 29.7 Å². The van der Waals surface area contributed by atoms with Gasteiger partial charge >= 0.3 is 12.1 Å². The van der Waals surface area contributed by atoms with Crippen LogP contribution in [0.3, 0.4) is 0 Å². The monoisotopic (exact) mass is 455 g/mol. The first-order chi connectivity index (χ1) is 14.6. The summed E-state index contributed by atoms with van der Waals surface area (Å²) in [7, 11) is 1.45. The largest absolute Gasteiger partial charge is 0.449 e. The molecular formula is C21H17ClF3NO5. The Kier molecular flexibility index (Phi) is 6.56. The quantitative estimate of drug-likeness (QED) is 0.501. The molecular weight excluding hydrogens is 439 g/mol. The molecule has 164 valence electrons. The Hall–Kier alpha value is -3.04. The van der Waals surface area contributed by atoms with Gasteiger partial charge in [0.25, 0.3) is 5.91 Å². The molecule has 0 fully saturated rings. The van der Waals surface area contributed by atoms with Crippen LogP contribution in [0, 0.1) is 0 Å². The molecule has 1 amide bonds. The minimum absolute atomic E-state index is 0.0713. The van der Waals surface area contributed by atoms with Gasteiger partial charge in [-0.25, -0.2) is 4.79 Å². The van der Waals surface area contributed by atoms with Crippen molar-refractivity contribution >= 4 is 40.1 Å². The van der Waals surface area contributed by atoms with Crippen LogP contribution in [0.4, 0.5) is 18.9 Å². The first kappa shape index (κ1) is 22.6. The molecule has 1 atom stereocenters. The number of hydrogen-bond donors (Lipinski definition) is 1. The van der Waals surface area contributed by atoms with Gasteiger partial charge in [-0.15, -0.1) is 0 Å². The lowest BCUT2D eigenvalue weighted by Crippen LogP contribution is -2.30. The Bertz CT molecular complexity index is 1130. The van der Waals surface area contributed by atoms with Crippen LogP contribution < -0.4 is 5.32 Å². The van der Waals surface area contributed by atoms with Crippen LogP contribution >= 0.6 is 11.6 Å². The number of methoxy groups -OCH3 is 1. The smallest absolute Gasteiger partial charge is 0.416 e. The minimum atomic E-state index is -4.61. The molecule has 1 aromatic heterocycles. The predicted molar refractivity (Wildman–Crippen MR) is 107 cm³/mol. The number of amides is 1. The van der Waals surface area contributed by atoms with Gasteiger partial charge in [0.2, 0.25) is 5.76 Å². The second-order valence-electron chi connectivity index (χ2n) is 6.57. The Morgan fingerprint density at radius 1 is 1.19 bits per heavy atom. The van der Waals surface area contributed by atoms with Gasteiger partial charge in [-0.05, 0) is 31.2 Å². The van der Waals surface area contributed by atoms with Crippen molar-refractivity contribution in [2.75, 3.05) is 12.4 Å². The molecule has 10 heteroatoms. The van der Waals surface area contributed by atoms with Crippen LogP contribution in [-0.4, -0.2) is 25.1 Å². The fourth-order valence-corrected chi connectivity index (χ4v) is 3.02. The van der Waals surface area contributed by atoms with Crippen molar-refractivity contribution in [3.05, 3.63) is 64.4 Å². The summed E-state index contributed by atoms with van der Waals surface area (Å²) in [4.78, 5) is 25.0. The lowest BCUT2D eigenvalue weighted by atomic mass is 10.1. The number of nitrogens with one attached hydrogen (secondary N) is 1. The maximum atomic E-state index is 12.9. The third kappa shape index (κ3) is 5.00. The van der Waals surface area contributed by atoms with Crippen LogP contribution in [0.15, 0.2) is 46.9 Å². The van der Waals surface area contributed by atoms with E-state index in [9.17, 15) is 22.8 Å². The molecule has 31 heavy (non-hydrogen) atoms. The standard InChI is InChI=1S/C21H17ClF3NO5/c1-11(19(27)26-16-9-12(21(23,24)25)7-8-15(16)22)30-20(28)18-14(10-29-2)13-5-3-4-6-17(13)31-18/h3-9,11H,10H2,1-2H3,(H,26,27)/t11-/m1/s1. The van der Waals surface area contributed by atoms with Crippen molar-refractivity contribution in [1.82, 2.24) is 0 Å². The number of halogens is 4. The Labute approximate surface area is 179 Å². The van der Waals surface area contributed by atoms with Gasteiger partial charge in [0.05, 0.1) is 22.9 Å². The minimum Gasteiger partial charge on any atom is -0.449 e. The van der Waals surface area contributed by atoms with E-state index in [0.717, 1.165) is 12.1 Å². The number of carbonyl (C=O) groups excluding carboxylic acids is 2. The van der Waals surface area contributed by atoms with E-state index in [-0.39, 0.29) is 23.1 Å². The normalized spacial score (nSPS) is 12.6. The molecule has 0 saturated heterocycles. The molecule has 6 nitrogen and oxygen atoms in total. The van der Waals surface area contributed by atoms with E-state index in [1.807, 2.05) is 0 Å². The lowest BCUT2D eigenvalue weighted by Gasteiger charge is -2.15. The maximum absolute atomic E-state index is 12.9. The average Bonchev–Trinajstić information content (AvgIpc) is 3.08. The zero-order valence-corrected chi connectivity index (χ0v) is 17.1. The number of esters is 1. The highest BCUT2D eigenvalue weighted by Crippen LogP contribution is 2.34. The molecule has 3 aromatic rings. The number of rotatable bonds is 6. The zero-order chi connectivity index (χ0) is 22.8. The number of furan rings is 1. The molecule has 3 rings (SSSR count). The maximum Gasteiger partial charge on any atom is 0.416 e. The first-order valence-corrected chi connectivity index (χ1v) is 9.37. The number of ether oxygens (including phenoxy) is 2. The molecule has 0 unspecified atom stereocenters. The van der Waals surface area contributed by atoms with Crippen molar-refractivity contribution in [3.63, 3.8) is 0 Å². The van der Waals surface area contributed by atoms with Gasteiger partial charge in [0.1, 0.15) is 5.58 Å². The average molecular weight is 456 g/mol. The summed E-state index contributed by atoms with van der Waals surface area (Å²) in [5.74, 6) is -1.90. The molecule has 0 saturated carbocycles. The summed E-state index contributed by atoms with van der Waals surface area (Å²) in [5, 5.41) is 2.80. The highest BCUT2D eigenvalue weighted by atomic mass is 35.5. The van der Waals surface area contributed by atoms with Crippen LogP contribution in [0.1, 0.15) is 28.6 Å². The number of para-hydroxylation sites is 1. The van der Waals surface area contributed by atoms with E-state index >= 15 is 0 Å². The van der Waals surface area contributed by atoms with Gasteiger partial charge in [-0.1, -0.05) is 29.8 Å². The van der Waals surface area contributed by atoms with E-state index in [0.29, 0.717) is 22.6 Å². The summed E-state index contributed by atoms with van der Waals surface area (Å²) in [6, 6.07) is 9.41. The zero-order valence-electron chi connectivity index (χ0n) is 16.4. The summed E-state index contributed by atoms with van der Waals surface area (Å²) < 4.78 is 54.5. The Balaban J connectivity index is 1.77. The van der Waals surface area contributed by atoms with E-state index in [1.165, 1.54) is 14.0 Å². The number of alkyl halides is 3. The summed E-state index contributed by atoms with van der Waals surface area (Å²) in [6.07, 6.45) is -5.96. The van der Waals surface area contributed by atoms with Crippen molar-refractivity contribution in [1.29, 1.82) is 0 Å². The third-order valence-corrected chi connectivity index (χ3v) is 4.71. The number of benzene rings is 2. The topological polar surface area (TPSA) is 77.8 Å². The third-order valence-electron chi connectivity index (χ3n) is 4.38. The van der Waals surface area contributed by atoms with Gasteiger partial charge in [-0.3, -0.25) is 4.79 Å². The van der Waals surface area contributed by atoms with Crippen molar-refractivity contribution in [3.8, 4) is 0 Å². The molecule has 2 aromatic carbocycles. The van der Waals surface area contributed by atoms with Crippen LogP contribution in [0.5, 0.6) is 0 Å². The van der Waals surface area contributed by atoms with Gasteiger partial charge in [0.15, 0.2) is 6.10 Å². The van der Waals surface area contributed by atoms with E-state index in [2.05, 4.69) is 5.32 Å². The first-order valence-electron chi connectivity index (χ1n) is 8.99. The number of carbonyl (C=O) groups is 2. The predicted octanol–water partition coefficient (Wildman–Crippen LogP) is 5.44. The summed E-state index contributed by atoms with van der Waals surface area (Å²) >= 11 is 5.88. The molecule has 1 heterocycles. The fraction of sp³-hybridized carbons (Fsp3) is 0.238. The van der Waals surface area contributed by atoms with Gasteiger partial charge in [-0.2, -0.15) is 13.2 Å². The van der Waals surface area contributed by atoms with E-state index in [1.54, 1.807) is 24.3 Å². The highest BCUT2D eigenvalue weighted by molar-refractivity contribution is 6.33. The Morgan fingerprint density at radius 3 is 2.58 bits per heavy atom. The second kappa shape index (κ2) is 8.99. The van der Waals surface area contributed by atoms with Gasteiger partial charge < -0.3 is 19.2 Å². The van der Waals surface area contributed by atoms with Crippen molar-refractivity contribution in [2.45, 2.75) is 25.8 Å².